The summed E-state index contributed by atoms with van der Waals surface area (Å²) in [5.74, 6) is 1.36. The SMILES string of the molecule is CCOc1cc(CNCc2ccc(C)cc2)cc(Br)c1OCc1ccc(Cl)cc1Cl. The molecule has 3 nitrogen and oxygen atoms in total. The molecule has 0 heterocycles. The molecule has 0 saturated carbocycles. The van der Waals surface area contributed by atoms with E-state index in [0.717, 1.165) is 28.7 Å². The van der Waals surface area contributed by atoms with Crippen molar-refractivity contribution in [3.8, 4) is 11.5 Å². The van der Waals surface area contributed by atoms with E-state index in [4.69, 9.17) is 32.7 Å². The van der Waals surface area contributed by atoms with Gasteiger partial charge in [-0.15, -0.1) is 0 Å². The molecule has 158 valence electrons. The number of nitrogens with one attached hydrogen (secondary N) is 1. The fourth-order valence-electron chi connectivity index (χ4n) is 2.97. The molecule has 0 aliphatic carbocycles. The maximum absolute atomic E-state index is 6.26. The highest BCUT2D eigenvalue weighted by molar-refractivity contribution is 9.10. The highest BCUT2D eigenvalue weighted by atomic mass is 79.9. The van der Waals surface area contributed by atoms with Gasteiger partial charge in [-0.1, -0.05) is 59.1 Å². The van der Waals surface area contributed by atoms with Crippen molar-refractivity contribution >= 4 is 39.1 Å². The first kappa shape index (κ1) is 23.0. The highest BCUT2D eigenvalue weighted by Crippen LogP contribution is 2.38. The van der Waals surface area contributed by atoms with Crippen LogP contribution in [0.1, 0.15) is 29.2 Å². The van der Waals surface area contributed by atoms with Gasteiger partial charge in [-0.3, -0.25) is 0 Å². The van der Waals surface area contributed by atoms with Gasteiger partial charge in [0.15, 0.2) is 11.5 Å². The normalized spacial score (nSPS) is 10.8. The van der Waals surface area contributed by atoms with Gasteiger partial charge in [0.2, 0.25) is 0 Å². The molecular weight excluding hydrogens is 485 g/mol. The molecule has 0 saturated heterocycles. The van der Waals surface area contributed by atoms with E-state index in [0.29, 0.717) is 34.8 Å². The van der Waals surface area contributed by atoms with Crippen molar-refractivity contribution in [2.45, 2.75) is 33.5 Å². The highest BCUT2D eigenvalue weighted by Gasteiger charge is 2.13. The summed E-state index contributed by atoms with van der Waals surface area (Å²) in [7, 11) is 0. The van der Waals surface area contributed by atoms with Crippen LogP contribution < -0.4 is 14.8 Å². The molecule has 3 aromatic rings. The third-order valence-corrected chi connectivity index (χ3v) is 5.71. The van der Waals surface area contributed by atoms with Crippen LogP contribution in [0.3, 0.4) is 0 Å². The zero-order chi connectivity index (χ0) is 21.5. The van der Waals surface area contributed by atoms with Gasteiger partial charge in [-0.2, -0.15) is 0 Å². The molecule has 0 unspecified atom stereocenters. The van der Waals surface area contributed by atoms with E-state index in [1.54, 1.807) is 12.1 Å². The Kier molecular flexibility index (Phi) is 8.46. The van der Waals surface area contributed by atoms with Crippen molar-refractivity contribution in [2.75, 3.05) is 6.61 Å². The van der Waals surface area contributed by atoms with E-state index in [1.165, 1.54) is 11.1 Å². The number of benzene rings is 3. The van der Waals surface area contributed by atoms with Crippen molar-refractivity contribution in [1.29, 1.82) is 0 Å². The lowest BCUT2D eigenvalue weighted by Crippen LogP contribution is -2.13. The second-order valence-corrected chi connectivity index (χ2v) is 8.65. The first-order valence-corrected chi connectivity index (χ1v) is 11.3. The average Bonchev–Trinajstić information content (AvgIpc) is 2.70. The second kappa shape index (κ2) is 11.1. The Morgan fingerprint density at radius 3 is 2.33 bits per heavy atom. The lowest BCUT2D eigenvalue weighted by Gasteiger charge is -2.16. The summed E-state index contributed by atoms with van der Waals surface area (Å²) in [5.41, 5.74) is 4.48. The fraction of sp³-hybridized carbons (Fsp3) is 0.250. The van der Waals surface area contributed by atoms with Crippen molar-refractivity contribution in [3.63, 3.8) is 0 Å². The molecule has 0 amide bonds. The lowest BCUT2D eigenvalue weighted by atomic mass is 10.1. The minimum Gasteiger partial charge on any atom is -0.490 e. The van der Waals surface area contributed by atoms with Crippen LogP contribution in [-0.4, -0.2) is 6.61 Å². The quantitative estimate of drug-likeness (QED) is 0.328. The molecule has 0 spiro atoms. The Hall–Kier alpha value is -1.72. The van der Waals surface area contributed by atoms with Crippen LogP contribution in [0.2, 0.25) is 10.0 Å². The van der Waals surface area contributed by atoms with Gasteiger partial charge < -0.3 is 14.8 Å². The molecule has 1 N–H and O–H groups in total. The zero-order valence-corrected chi connectivity index (χ0v) is 20.1. The maximum atomic E-state index is 6.26. The number of ether oxygens (including phenoxy) is 2. The van der Waals surface area contributed by atoms with Gasteiger partial charge in [0.1, 0.15) is 6.61 Å². The van der Waals surface area contributed by atoms with Crippen molar-refractivity contribution < 1.29 is 9.47 Å². The summed E-state index contributed by atoms with van der Waals surface area (Å²) < 4.78 is 12.7. The molecule has 0 bridgehead atoms. The standard InChI is InChI=1S/C24H24BrCl2NO2/c1-3-29-23-11-18(14-28-13-17-6-4-16(2)5-7-17)10-21(25)24(23)30-15-19-8-9-20(26)12-22(19)27/h4-12,28H,3,13-15H2,1-2H3. The first-order valence-electron chi connectivity index (χ1n) is 9.74. The van der Waals surface area contributed by atoms with E-state index >= 15 is 0 Å². The molecule has 3 aromatic carbocycles. The third-order valence-electron chi connectivity index (χ3n) is 4.54. The fourth-order valence-corrected chi connectivity index (χ4v) is 4.04. The summed E-state index contributed by atoms with van der Waals surface area (Å²) in [4.78, 5) is 0. The van der Waals surface area contributed by atoms with Crippen LogP contribution in [0.5, 0.6) is 11.5 Å². The Morgan fingerprint density at radius 1 is 0.900 bits per heavy atom. The van der Waals surface area contributed by atoms with Gasteiger partial charge in [0.25, 0.3) is 0 Å². The topological polar surface area (TPSA) is 30.5 Å². The predicted octanol–water partition coefficient (Wildman–Crippen LogP) is 7.33. The van der Waals surface area contributed by atoms with Crippen molar-refractivity contribution in [2.24, 2.45) is 0 Å². The van der Waals surface area contributed by atoms with E-state index in [2.05, 4.69) is 52.4 Å². The molecule has 3 rings (SSSR count). The minimum absolute atomic E-state index is 0.319. The minimum atomic E-state index is 0.319. The van der Waals surface area contributed by atoms with Gasteiger partial charge in [-0.25, -0.2) is 0 Å². The Balaban J connectivity index is 1.68. The largest absolute Gasteiger partial charge is 0.490 e. The van der Waals surface area contributed by atoms with Crippen LogP contribution in [0.15, 0.2) is 59.1 Å². The number of hydrogen-bond acceptors (Lipinski definition) is 3. The molecule has 0 fully saturated rings. The van der Waals surface area contributed by atoms with E-state index < -0.39 is 0 Å². The van der Waals surface area contributed by atoms with Crippen molar-refractivity contribution in [3.05, 3.63) is 91.4 Å². The van der Waals surface area contributed by atoms with E-state index in [9.17, 15) is 0 Å². The summed E-state index contributed by atoms with van der Waals surface area (Å²) in [5, 5.41) is 4.65. The van der Waals surface area contributed by atoms with Gasteiger partial charge in [-0.05, 0) is 65.2 Å². The van der Waals surface area contributed by atoms with Crippen LogP contribution in [0.4, 0.5) is 0 Å². The molecule has 0 atom stereocenters. The van der Waals surface area contributed by atoms with E-state index in [1.807, 2.05) is 25.1 Å². The summed E-state index contributed by atoms with van der Waals surface area (Å²) in [6.45, 7) is 6.43. The number of aryl methyl sites for hydroxylation is 1. The summed E-state index contributed by atoms with van der Waals surface area (Å²) in [6, 6.07) is 18.0. The van der Waals surface area contributed by atoms with E-state index in [-0.39, 0.29) is 0 Å². The predicted molar refractivity (Wildman–Crippen MR) is 128 cm³/mol. The second-order valence-electron chi connectivity index (χ2n) is 6.95. The lowest BCUT2D eigenvalue weighted by molar-refractivity contribution is 0.267. The van der Waals surface area contributed by atoms with Crippen LogP contribution in [0, 0.1) is 6.92 Å². The molecule has 30 heavy (non-hydrogen) atoms. The first-order chi connectivity index (χ1) is 14.5. The Morgan fingerprint density at radius 2 is 1.63 bits per heavy atom. The van der Waals surface area contributed by atoms with Gasteiger partial charge in [0, 0.05) is 28.7 Å². The molecule has 0 aromatic heterocycles. The number of hydrogen-bond donors (Lipinski definition) is 1. The van der Waals surface area contributed by atoms with Crippen LogP contribution in [-0.2, 0) is 19.7 Å². The zero-order valence-electron chi connectivity index (χ0n) is 17.0. The molecular formula is C24H24BrCl2NO2. The monoisotopic (exact) mass is 507 g/mol. The summed E-state index contributed by atoms with van der Waals surface area (Å²) in [6.07, 6.45) is 0. The Bertz CT molecular complexity index is 993. The average molecular weight is 509 g/mol. The molecule has 0 aliphatic rings. The smallest absolute Gasteiger partial charge is 0.175 e. The molecule has 0 aliphatic heterocycles. The third kappa shape index (κ3) is 6.39. The van der Waals surface area contributed by atoms with Gasteiger partial charge >= 0.3 is 0 Å². The Labute approximate surface area is 196 Å². The van der Waals surface area contributed by atoms with Gasteiger partial charge in [0.05, 0.1) is 11.1 Å². The number of halogens is 3. The molecule has 0 radical (unpaired) electrons. The van der Waals surface area contributed by atoms with Crippen molar-refractivity contribution in [1.82, 2.24) is 5.32 Å². The van der Waals surface area contributed by atoms with Crippen LogP contribution in [0.25, 0.3) is 0 Å². The summed E-state index contributed by atoms with van der Waals surface area (Å²) >= 11 is 15.9. The molecule has 6 heteroatoms. The maximum Gasteiger partial charge on any atom is 0.175 e. The number of rotatable bonds is 9. The van der Waals surface area contributed by atoms with Crippen LogP contribution >= 0.6 is 39.1 Å².